The molecule has 1 aromatic heterocycles. The first-order valence-electron chi connectivity index (χ1n) is 10.4. The van der Waals surface area contributed by atoms with Crippen molar-refractivity contribution in [3.8, 4) is 0 Å². The van der Waals surface area contributed by atoms with Crippen molar-refractivity contribution >= 4 is 11.8 Å². The van der Waals surface area contributed by atoms with E-state index in [2.05, 4.69) is 9.97 Å². The van der Waals surface area contributed by atoms with E-state index in [1.807, 2.05) is 4.90 Å². The van der Waals surface area contributed by atoms with Crippen molar-refractivity contribution < 1.29 is 9.59 Å². The molecule has 0 atom stereocenters. The summed E-state index contributed by atoms with van der Waals surface area (Å²) >= 11 is 0. The van der Waals surface area contributed by atoms with Crippen LogP contribution in [0.25, 0.3) is 0 Å². The lowest BCUT2D eigenvalue weighted by Gasteiger charge is -2.57. The first-order valence-corrected chi connectivity index (χ1v) is 10.4. The Morgan fingerprint density at radius 3 is 2.07 bits per heavy atom. The Balaban J connectivity index is 1.18. The second-order valence-corrected chi connectivity index (χ2v) is 9.36. The van der Waals surface area contributed by atoms with Crippen LogP contribution in [0, 0.1) is 23.2 Å². The second-order valence-electron chi connectivity index (χ2n) is 9.36. The van der Waals surface area contributed by atoms with Crippen molar-refractivity contribution in [3.63, 3.8) is 0 Å². The Morgan fingerprint density at radius 1 is 0.926 bits per heavy atom. The van der Waals surface area contributed by atoms with E-state index in [9.17, 15) is 9.59 Å². The van der Waals surface area contributed by atoms with Gasteiger partial charge in [0.15, 0.2) is 0 Å². The van der Waals surface area contributed by atoms with Gasteiger partial charge in [0.05, 0.1) is 6.20 Å². The summed E-state index contributed by atoms with van der Waals surface area (Å²) < 4.78 is 0. The Hall–Kier alpha value is -1.98. The molecule has 0 spiro atoms. The van der Waals surface area contributed by atoms with Crippen LogP contribution in [-0.2, 0) is 4.79 Å². The third kappa shape index (κ3) is 3.23. The Morgan fingerprint density at radius 2 is 1.52 bits per heavy atom. The van der Waals surface area contributed by atoms with E-state index in [0.29, 0.717) is 43.2 Å². The van der Waals surface area contributed by atoms with Gasteiger partial charge in [-0.1, -0.05) is 0 Å². The number of piperazine rings is 1. The molecular weight excluding hydrogens is 340 g/mol. The highest BCUT2D eigenvalue weighted by Gasteiger charge is 2.51. The lowest BCUT2D eigenvalue weighted by atomic mass is 9.49. The maximum absolute atomic E-state index is 13.0. The molecule has 1 aliphatic heterocycles. The molecule has 0 unspecified atom stereocenters. The number of nitrogens with zero attached hydrogens (tertiary/aromatic N) is 4. The van der Waals surface area contributed by atoms with Gasteiger partial charge in [0.2, 0.25) is 5.91 Å². The molecule has 5 fully saturated rings. The smallest absolute Gasteiger partial charge is 0.274 e. The predicted molar refractivity (Wildman–Crippen MR) is 99.7 cm³/mol. The molecule has 5 aliphatic rings. The number of amides is 2. The molecule has 0 aromatic carbocycles. The lowest BCUT2D eigenvalue weighted by Crippen LogP contribution is -2.53. The summed E-state index contributed by atoms with van der Waals surface area (Å²) in [5, 5.41) is 0. The molecule has 27 heavy (non-hydrogen) atoms. The third-order valence-corrected chi connectivity index (χ3v) is 7.39. The van der Waals surface area contributed by atoms with Crippen molar-refractivity contribution in [3.05, 3.63) is 24.3 Å². The zero-order chi connectivity index (χ0) is 18.4. The number of hydrogen-bond acceptors (Lipinski definition) is 4. The molecule has 6 heteroatoms. The van der Waals surface area contributed by atoms with E-state index in [0.717, 1.165) is 24.2 Å². The second kappa shape index (κ2) is 6.57. The lowest BCUT2D eigenvalue weighted by molar-refractivity contribution is -0.141. The summed E-state index contributed by atoms with van der Waals surface area (Å²) in [6.07, 6.45) is 13.4. The van der Waals surface area contributed by atoms with Crippen LogP contribution < -0.4 is 0 Å². The average Bonchev–Trinajstić information content (AvgIpc) is 2.67. The number of aromatic nitrogens is 2. The monoisotopic (exact) mass is 368 g/mol. The summed E-state index contributed by atoms with van der Waals surface area (Å²) in [5.74, 6) is 2.86. The van der Waals surface area contributed by atoms with Crippen LogP contribution in [-0.4, -0.2) is 57.8 Å². The summed E-state index contributed by atoms with van der Waals surface area (Å²) in [6, 6.07) is 0. The maximum Gasteiger partial charge on any atom is 0.274 e. The molecule has 1 aromatic rings. The minimum absolute atomic E-state index is 0.0868. The number of hydrogen-bond donors (Lipinski definition) is 0. The van der Waals surface area contributed by atoms with Crippen LogP contribution in [0.4, 0.5) is 0 Å². The van der Waals surface area contributed by atoms with Crippen molar-refractivity contribution in [1.29, 1.82) is 0 Å². The van der Waals surface area contributed by atoms with Gasteiger partial charge in [0.25, 0.3) is 5.91 Å². The molecule has 4 saturated carbocycles. The van der Waals surface area contributed by atoms with Crippen LogP contribution in [0.2, 0.25) is 0 Å². The van der Waals surface area contributed by atoms with E-state index in [4.69, 9.17) is 0 Å². The van der Waals surface area contributed by atoms with E-state index in [-0.39, 0.29) is 5.91 Å². The molecule has 144 valence electrons. The van der Waals surface area contributed by atoms with Gasteiger partial charge in [-0.25, -0.2) is 4.98 Å². The summed E-state index contributed by atoms with van der Waals surface area (Å²) in [4.78, 5) is 37.4. The summed E-state index contributed by atoms with van der Waals surface area (Å²) in [5.41, 5.74) is 0.671. The maximum atomic E-state index is 13.0. The highest BCUT2D eigenvalue weighted by molar-refractivity contribution is 5.92. The minimum Gasteiger partial charge on any atom is -0.339 e. The molecule has 6 nitrogen and oxygen atoms in total. The number of carbonyl (C=O) groups excluding carboxylic acids is 2. The molecule has 1 saturated heterocycles. The standard InChI is InChI=1S/C21H28N4O2/c26-19(13-21-10-15-7-16(11-21)9-17(8-15)12-21)24-3-5-25(6-4-24)20(27)18-14-22-1-2-23-18/h1-2,14-17H,3-13H2. The van der Waals surface area contributed by atoms with Crippen molar-refractivity contribution in [2.45, 2.75) is 44.9 Å². The quantitative estimate of drug-likeness (QED) is 0.821. The molecule has 4 bridgehead atoms. The Bertz CT molecular complexity index is 692. The van der Waals surface area contributed by atoms with E-state index < -0.39 is 0 Å². The number of carbonyl (C=O) groups is 2. The largest absolute Gasteiger partial charge is 0.339 e. The van der Waals surface area contributed by atoms with Crippen molar-refractivity contribution in [1.82, 2.24) is 19.8 Å². The third-order valence-electron chi connectivity index (χ3n) is 7.39. The van der Waals surface area contributed by atoms with Gasteiger partial charge in [0, 0.05) is 45.0 Å². The fraction of sp³-hybridized carbons (Fsp3) is 0.714. The summed E-state index contributed by atoms with van der Waals surface area (Å²) in [6.45, 7) is 2.44. The first kappa shape index (κ1) is 17.1. The van der Waals surface area contributed by atoms with Gasteiger partial charge in [-0.2, -0.15) is 0 Å². The number of rotatable bonds is 3. The topological polar surface area (TPSA) is 66.4 Å². The van der Waals surface area contributed by atoms with Crippen LogP contribution in [0.5, 0.6) is 0 Å². The van der Waals surface area contributed by atoms with Gasteiger partial charge >= 0.3 is 0 Å². The Kier molecular flexibility index (Phi) is 4.17. The van der Waals surface area contributed by atoms with Gasteiger partial charge in [0.1, 0.15) is 5.69 Å². The van der Waals surface area contributed by atoms with Crippen molar-refractivity contribution in [2.75, 3.05) is 26.2 Å². The zero-order valence-corrected chi connectivity index (χ0v) is 15.8. The van der Waals surface area contributed by atoms with E-state index in [1.54, 1.807) is 17.3 Å². The highest BCUT2D eigenvalue weighted by Crippen LogP contribution is 2.61. The van der Waals surface area contributed by atoms with Gasteiger partial charge in [-0.3, -0.25) is 14.6 Å². The normalized spacial score (nSPS) is 34.7. The fourth-order valence-electron chi connectivity index (χ4n) is 6.67. The fourth-order valence-corrected chi connectivity index (χ4v) is 6.67. The highest BCUT2D eigenvalue weighted by atomic mass is 16.2. The van der Waals surface area contributed by atoms with Crippen LogP contribution in [0.15, 0.2) is 18.6 Å². The van der Waals surface area contributed by atoms with Crippen LogP contribution in [0.1, 0.15) is 55.4 Å². The first-order chi connectivity index (χ1) is 13.1. The van der Waals surface area contributed by atoms with Crippen LogP contribution >= 0.6 is 0 Å². The molecule has 0 radical (unpaired) electrons. The molecule has 0 N–H and O–H groups in total. The van der Waals surface area contributed by atoms with Crippen LogP contribution in [0.3, 0.4) is 0 Å². The molecule has 6 rings (SSSR count). The zero-order valence-electron chi connectivity index (χ0n) is 15.8. The molecular formula is C21H28N4O2. The molecule has 2 heterocycles. The average molecular weight is 368 g/mol. The minimum atomic E-state index is -0.0868. The Labute approximate surface area is 160 Å². The van der Waals surface area contributed by atoms with E-state index in [1.165, 1.54) is 44.7 Å². The SMILES string of the molecule is O=C(CC12CC3CC(CC(C3)C1)C2)N1CCN(C(=O)c2cnccn2)CC1. The van der Waals surface area contributed by atoms with E-state index >= 15 is 0 Å². The van der Waals surface area contributed by atoms with Gasteiger partial charge < -0.3 is 9.80 Å². The molecule has 4 aliphatic carbocycles. The summed E-state index contributed by atoms with van der Waals surface area (Å²) in [7, 11) is 0. The molecule has 2 amide bonds. The van der Waals surface area contributed by atoms with Gasteiger partial charge in [-0.05, 0) is 61.7 Å². The predicted octanol–water partition coefficient (Wildman–Crippen LogP) is 2.37. The van der Waals surface area contributed by atoms with Crippen molar-refractivity contribution in [2.24, 2.45) is 23.2 Å². The van der Waals surface area contributed by atoms with Gasteiger partial charge in [-0.15, -0.1) is 0 Å².